The first-order valence-corrected chi connectivity index (χ1v) is 6.53. The molecule has 2 aromatic rings. The quantitative estimate of drug-likeness (QED) is 0.868. The minimum Gasteiger partial charge on any atom is -0.478 e. The molecule has 19 heavy (non-hydrogen) atoms. The molecule has 1 aromatic heterocycles. The highest BCUT2D eigenvalue weighted by molar-refractivity contribution is 6.00. The molecule has 0 aliphatic heterocycles. The van der Waals surface area contributed by atoms with Gasteiger partial charge in [0.25, 0.3) is 0 Å². The van der Waals surface area contributed by atoms with Crippen molar-refractivity contribution in [1.82, 2.24) is 9.55 Å². The third-order valence-electron chi connectivity index (χ3n) is 3.89. The number of imidazole rings is 1. The number of hydrogen-bond donors (Lipinski definition) is 2. The zero-order valence-corrected chi connectivity index (χ0v) is 10.5. The molecule has 0 spiro atoms. The predicted octanol–water partition coefficient (Wildman–Crippen LogP) is 2.21. The van der Waals surface area contributed by atoms with Gasteiger partial charge in [-0.2, -0.15) is 0 Å². The number of aromatic nitrogens is 2. The molecular weight excluding hydrogens is 244 g/mol. The van der Waals surface area contributed by atoms with E-state index >= 15 is 0 Å². The van der Waals surface area contributed by atoms with Crippen LogP contribution in [0.3, 0.4) is 0 Å². The Morgan fingerprint density at radius 1 is 1.26 bits per heavy atom. The highest BCUT2D eigenvalue weighted by atomic mass is 16.4. The maximum Gasteiger partial charge on any atom is 0.337 e. The number of rotatable bonds is 2. The van der Waals surface area contributed by atoms with Crippen LogP contribution in [0.2, 0.25) is 0 Å². The van der Waals surface area contributed by atoms with E-state index in [2.05, 4.69) is 4.98 Å². The molecule has 1 saturated carbocycles. The molecule has 0 saturated heterocycles. The van der Waals surface area contributed by atoms with Crippen LogP contribution in [-0.2, 0) is 0 Å². The molecule has 0 amide bonds. The number of carbonyl (C=O) groups is 1. The molecule has 100 valence electrons. The van der Waals surface area contributed by atoms with Gasteiger partial charge in [-0.05, 0) is 37.8 Å². The van der Waals surface area contributed by atoms with Crippen LogP contribution in [-0.4, -0.2) is 31.8 Å². The summed E-state index contributed by atoms with van der Waals surface area (Å²) in [6, 6.07) is 5.53. The fourth-order valence-electron chi connectivity index (χ4n) is 2.86. The van der Waals surface area contributed by atoms with Crippen molar-refractivity contribution in [2.24, 2.45) is 0 Å². The van der Waals surface area contributed by atoms with Crippen LogP contribution in [0.15, 0.2) is 24.5 Å². The van der Waals surface area contributed by atoms with E-state index in [0.717, 1.165) is 31.2 Å². The average Bonchev–Trinajstić information content (AvgIpc) is 2.83. The maximum absolute atomic E-state index is 11.2. The highest BCUT2D eigenvalue weighted by Gasteiger charge is 2.23. The summed E-state index contributed by atoms with van der Waals surface area (Å²) in [6.45, 7) is 0. The Morgan fingerprint density at radius 2 is 2.00 bits per heavy atom. The molecule has 0 unspecified atom stereocenters. The van der Waals surface area contributed by atoms with E-state index in [-0.39, 0.29) is 11.7 Å². The number of aliphatic hydroxyl groups excluding tert-OH is 1. The van der Waals surface area contributed by atoms with E-state index in [1.807, 2.05) is 10.6 Å². The summed E-state index contributed by atoms with van der Waals surface area (Å²) >= 11 is 0. The van der Waals surface area contributed by atoms with Crippen LogP contribution in [0.25, 0.3) is 11.0 Å². The molecule has 1 aromatic carbocycles. The second-order valence-electron chi connectivity index (χ2n) is 5.09. The van der Waals surface area contributed by atoms with E-state index < -0.39 is 5.97 Å². The number of para-hydroxylation sites is 1. The average molecular weight is 260 g/mol. The van der Waals surface area contributed by atoms with Crippen molar-refractivity contribution in [3.8, 4) is 0 Å². The first kappa shape index (κ1) is 12.2. The summed E-state index contributed by atoms with van der Waals surface area (Å²) in [5.74, 6) is -0.949. The molecule has 2 N–H and O–H groups in total. The molecule has 1 aliphatic carbocycles. The Hall–Kier alpha value is -1.88. The van der Waals surface area contributed by atoms with Crippen LogP contribution < -0.4 is 0 Å². The van der Waals surface area contributed by atoms with Crippen LogP contribution in [0.5, 0.6) is 0 Å². The Labute approximate surface area is 110 Å². The van der Waals surface area contributed by atoms with Crippen LogP contribution in [0.1, 0.15) is 42.1 Å². The van der Waals surface area contributed by atoms with Crippen LogP contribution >= 0.6 is 0 Å². The second kappa shape index (κ2) is 4.66. The van der Waals surface area contributed by atoms with Crippen molar-refractivity contribution in [3.05, 3.63) is 30.1 Å². The zero-order chi connectivity index (χ0) is 13.4. The van der Waals surface area contributed by atoms with Crippen molar-refractivity contribution in [3.63, 3.8) is 0 Å². The lowest BCUT2D eigenvalue weighted by Crippen LogP contribution is -2.20. The SMILES string of the molecule is O=C(O)c1cccc2c1ncn2C1CCC(O)CC1. The standard InChI is InChI=1S/C14H16N2O3/c17-10-6-4-9(5-7-10)16-8-15-13-11(14(18)19)2-1-3-12(13)16/h1-3,8-10,17H,4-7H2,(H,18,19). The summed E-state index contributed by atoms with van der Waals surface area (Å²) in [5, 5.41) is 18.7. The van der Waals surface area contributed by atoms with E-state index in [1.54, 1.807) is 18.5 Å². The Balaban J connectivity index is 2.01. The number of nitrogens with zero attached hydrogens (tertiary/aromatic N) is 2. The van der Waals surface area contributed by atoms with Gasteiger partial charge >= 0.3 is 5.97 Å². The number of fused-ring (bicyclic) bond motifs is 1. The Kier molecular flexibility index (Phi) is 2.98. The van der Waals surface area contributed by atoms with Crippen LogP contribution in [0.4, 0.5) is 0 Å². The third-order valence-corrected chi connectivity index (χ3v) is 3.89. The molecule has 1 heterocycles. The van der Waals surface area contributed by atoms with Crippen molar-refractivity contribution < 1.29 is 15.0 Å². The lowest BCUT2D eigenvalue weighted by molar-refractivity contribution is 0.0699. The number of hydrogen-bond acceptors (Lipinski definition) is 3. The molecule has 1 fully saturated rings. The van der Waals surface area contributed by atoms with Gasteiger partial charge in [0.05, 0.1) is 23.5 Å². The third kappa shape index (κ3) is 2.10. The fraction of sp³-hybridized carbons (Fsp3) is 0.429. The monoisotopic (exact) mass is 260 g/mol. The van der Waals surface area contributed by atoms with Crippen molar-refractivity contribution >= 4 is 17.0 Å². The predicted molar refractivity (Wildman–Crippen MR) is 70.2 cm³/mol. The van der Waals surface area contributed by atoms with Gasteiger partial charge in [-0.1, -0.05) is 6.07 Å². The molecule has 0 atom stereocenters. The molecule has 3 rings (SSSR count). The Morgan fingerprint density at radius 3 is 2.68 bits per heavy atom. The van der Waals surface area contributed by atoms with Gasteiger partial charge in [0.2, 0.25) is 0 Å². The van der Waals surface area contributed by atoms with Crippen molar-refractivity contribution in [2.45, 2.75) is 37.8 Å². The maximum atomic E-state index is 11.2. The lowest BCUT2D eigenvalue weighted by Gasteiger charge is -2.26. The van der Waals surface area contributed by atoms with E-state index in [0.29, 0.717) is 11.6 Å². The Bertz CT molecular complexity index is 612. The van der Waals surface area contributed by atoms with Gasteiger partial charge in [0.15, 0.2) is 0 Å². The molecule has 5 nitrogen and oxygen atoms in total. The summed E-state index contributed by atoms with van der Waals surface area (Å²) in [7, 11) is 0. The van der Waals surface area contributed by atoms with Crippen LogP contribution in [0, 0.1) is 0 Å². The molecule has 5 heteroatoms. The summed E-state index contributed by atoms with van der Waals surface area (Å²) in [4.78, 5) is 15.4. The molecular formula is C14H16N2O3. The van der Waals surface area contributed by atoms with Gasteiger partial charge in [-0.3, -0.25) is 0 Å². The summed E-state index contributed by atoms with van der Waals surface area (Å²) in [5.41, 5.74) is 1.65. The molecule has 0 radical (unpaired) electrons. The van der Waals surface area contributed by atoms with Crippen molar-refractivity contribution in [1.29, 1.82) is 0 Å². The smallest absolute Gasteiger partial charge is 0.337 e. The summed E-state index contributed by atoms with van der Waals surface area (Å²) in [6.07, 6.45) is 4.93. The minimum absolute atomic E-state index is 0.194. The van der Waals surface area contributed by atoms with Gasteiger partial charge in [0, 0.05) is 6.04 Å². The van der Waals surface area contributed by atoms with Gasteiger partial charge in [-0.15, -0.1) is 0 Å². The highest BCUT2D eigenvalue weighted by Crippen LogP contribution is 2.31. The zero-order valence-electron chi connectivity index (χ0n) is 10.5. The largest absolute Gasteiger partial charge is 0.478 e. The topological polar surface area (TPSA) is 75.3 Å². The van der Waals surface area contributed by atoms with E-state index in [9.17, 15) is 9.90 Å². The van der Waals surface area contributed by atoms with Gasteiger partial charge in [0.1, 0.15) is 5.52 Å². The lowest BCUT2D eigenvalue weighted by atomic mass is 9.93. The number of benzene rings is 1. The number of carboxylic acid groups (broad SMARTS) is 1. The molecule has 1 aliphatic rings. The number of aromatic carboxylic acids is 1. The normalized spacial score (nSPS) is 23.6. The van der Waals surface area contributed by atoms with E-state index in [4.69, 9.17) is 5.11 Å². The molecule has 0 bridgehead atoms. The number of aliphatic hydroxyl groups is 1. The minimum atomic E-state index is -0.949. The van der Waals surface area contributed by atoms with Gasteiger partial charge < -0.3 is 14.8 Å². The summed E-state index contributed by atoms with van der Waals surface area (Å²) < 4.78 is 2.05. The first-order valence-electron chi connectivity index (χ1n) is 6.53. The first-order chi connectivity index (χ1) is 9.16. The number of carboxylic acids is 1. The second-order valence-corrected chi connectivity index (χ2v) is 5.09. The van der Waals surface area contributed by atoms with E-state index in [1.165, 1.54) is 0 Å². The fourth-order valence-corrected chi connectivity index (χ4v) is 2.86. The van der Waals surface area contributed by atoms with Crippen molar-refractivity contribution in [2.75, 3.05) is 0 Å². The van der Waals surface area contributed by atoms with Gasteiger partial charge in [-0.25, -0.2) is 9.78 Å².